The molecule has 1 saturated carbocycles. The van der Waals surface area contributed by atoms with E-state index in [0.717, 1.165) is 24.8 Å². The SMILES string of the molecule is NC(=O)c1ccc(C2CCC2)c(N)c1F. The maximum atomic E-state index is 13.6. The summed E-state index contributed by atoms with van der Waals surface area (Å²) in [5, 5.41) is 0. The number of nitrogens with two attached hydrogens (primary N) is 2. The summed E-state index contributed by atoms with van der Waals surface area (Å²) in [5.41, 5.74) is 11.4. The molecule has 0 spiro atoms. The third-order valence-electron chi connectivity index (χ3n) is 3.02. The van der Waals surface area contributed by atoms with E-state index in [0.29, 0.717) is 5.92 Å². The molecule has 4 N–H and O–H groups in total. The molecule has 1 aliphatic carbocycles. The lowest BCUT2D eigenvalue weighted by Crippen LogP contribution is -2.17. The second-order valence-corrected chi connectivity index (χ2v) is 3.92. The van der Waals surface area contributed by atoms with E-state index >= 15 is 0 Å². The molecule has 2 rings (SSSR count). The van der Waals surface area contributed by atoms with E-state index in [-0.39, 0.29) is 11.3 Å². The molecule has 0 bridgehead atoms. The molecular weight excluding hydrogens is 195 g/mol. The Morgan fingerprint density at radius 3 is 2.53 bits per heavy atom. The Labute approximate surface area is 87.3 Å². The Morgan fingerprint density at radius 2 is 2.07 bits per heavy atom. The minimum Gasteiger partial charge on any atom is -0.396 e. The van der Waals surface area contributed by atoms with Gasteiger partial charge in [-0.05, 0) is 30.4 Å². The van der Waals surface area contributed by atoms with Gasteiger partial charge in [0.1, 0.15) is 0 Å². The highest BCUT2D eigenvalue weighted by atomic mass is 19.1. The van der Waals surface area contributed by atoms with Crippen LogP contribution in [0.1, 0.15) is 41.1 Å². The van der Waals surface area contributed by atoms with Crippen molar-refractivity contribution in [2.45, 2.75) is 25.2 Å². The predicted molar refractivity (Wildman–Crippen MR) is 55.9 cm³/mol. The Morgan fingerprint density at radius 1 is 1.40 bits per heavy atom. The van der Waals surface area contributed by atoms with Crippen LogP contribution in [0.15, 0.2) is 12.1 Å². The number of halogens is 1. The van der Waals surface area contributed by atoms with Crippen LogP contribution < -0.4 is 11.5 Å². The van der Waals surface area contributed by atoms with E-state index in [2.05, 4.69) is 0 Å². The first kappa shape index (κ1) is 9.96. The molecule has 0 heterocycles. The first-order valence-corrected chi connectivity index (χ1v) is 4.99. The number of carbonyl (C=O) groups is 1. The summed E-state index contributed by atoms with van der Waals surface area (Å²) in [5.74, 6) is -1.10. The smallest absolute Gasteiger partial charge is 0.251 e. The van der Waals surface area contributed by atoms with Crippen molar-refractivity contribution >= 4 is 11.6 Å². The quantitative estimate of drug-likeness (QED) is 0.727. The number of amides is 1. The van der Waals surface area contributed by atoms with Crippen LogP contribution in [0.5, 0.6) is 0 Å². The molecule has 1 aromatic carbocycles. The molecule has 0 unspecified atom stereocenters. The molecule has 1 fully saturated rings. The van der Waals surface area contributed by atoms with Crippen molar-refractivity contribution in [1.82, 2.24) is 0 Å². The summed E-state index contributed by atoms with van der Waals surface area (Å²) in [4.78, 5) is 10.9. The van der Waals surface area contributed by atoms with Crippen molar-refractivity contribution in [2.75, 3.05) is 5.73 Å². The molecule has 80 valence electrons. The molecule has 4 heteroatoms. The Balaban J connectivity index is 2.43. The zero-order valence-corrected chi connectivity index (χ0v) is 8.29. The van der Waals surface area contributed by atoms with Crippen LogP contribution in [-0.4, -0.2) is 5.91 Å². The second kappa shape index (κ2) is 3.53. The fourth-order valence-electron chi connectivity index (χ4n) is 1.87. The van der Waals surface area contributed by atoms with Gasteiger partial charge in [-0.3, -0.25) is 4.79 Å². The third kappa shape index (κ3) is 1.56. The number of hydrogen-bond acceptors (Lipinski definition) is 2. The Bertz CT molecular complexity index is 413. The van der Waals surface area contributed by atoms with Crippen LogP contribution in [0.3, 0.4) is 0 Å². The summed E-state index contributed by atoms with van der Waals surface area (Å²) in [6.07, 6.45) is 3.24. The molecular formula is C11H13FN2O. The van der Waals surface area contributed by atoms with Gasteiger partial charge in [-0.2, -0.15) is 0 Å². The highest BCUT2D eigenvalue weighted by Crippen LogP contribution is 2.40. The number of benzene rings is 1. The molecule has 0 aliphatic heterocycles. The predicted octanol–water partition coefficient (Wildman–Crippen LogP) is 1.77. The van der Waals surface area contributed by atoms with Crippen LogP contribution in [0.4, 0.5) is 10.1 Å². The topological polar surface area (TPSA) is 69.1 Å². The first-order chi connectivity index (χ1) is 7.11. The van der Waals surface area contributed by atoms with Crippen molar-refractivity contribution < 1.29 is 9.18 Å². The number of anilines is 1. The van der Waals surface area contributed by atoms with Gasteiger partial charge in [-0.1, -0.05) is 12.5 Å². The van der Waals surface area contributed by atoms with E-state index in [9.17, 15) is 9.18 Å². The molecule has 1 aliphatic rings. The van der Waals surface area contributed by atoms with Gasteiger partial charge in [0.15, 0.2) is 5.82 Å². The fourth-order valence-corrected chi connectivity index (χ4v) is 1.87. The third-order valence-corrected chi connectivity index (χ3v) is 3.02. The van der Waals surface area contributed by atoms with Crippen LogP contribution >= 0.6 is 0 Å². The van der Waals surface area contributed by atoms with Gasteiger partial charge < -0.3 is 11.5 Å². The van der Waals surface area contributed by atoms with Gasteiger partial charge in [-0.25, -0.2) is 4.39 Å². The fraction of sp³-hybridized carbons (Fsp3) is 0.364. The largest absolute Gasteiger partial charge is 0.396 e. The zero-order chi connectivity index (χ0) is 11.0. The standard InChI is InChI=1S/C11H13FN2O/c12-9-8(11(14)15)5-4-7(10(9)13)6-2-1-3-6/h4-6H,1-3,13H2,(H2,14,15). The summed E-state index contributed by atoms with van der Waals surface area (Å²) < 4.78 is 13.6. The molecule has 0 saturated heterocycles. The molecule has 15 heavy (non-hydrogen) atoms. The lowest BCUT2D eigenvalue weighted by atomic mass is 9.79. The van der Waals surface area contributed by atoms with Crippen molar-refractivity contribution in [1.29, 1.82) is 0 Å². The van der Waals surface area contributed by atoms with Crippen molar-refractivity contribution in [2.24, 2.45) is 5.73 Å². The molecule has 0 aromatic heterocycles. The number of primary amides is 1. The maximum Gasteiger partial charge on any atom is 0.251 e. The zero-order valence-electron chi connectivity index (χ0n) is 8.29. The van der Waals surface area contributed by atoms with Crippen molar-refractivity contribution in [3.05, 3.63) is 29.1 Å². The van der Waals surface area contributed by atoms with Gasteiger partial charge in [-0.15, -0.1) is 0 Å². The minimum atomic E-state index is -0.778. The number of rotatable bonds is 2. The van der Waals surface area contributed by atoms with Crippen LogP contribution in [0.2, 0.25) is 0 Å². The van der Waals surface area contributed by atoms with Crippen molar-refractivity contribution in [3.8, 4) is 0 Å². The normalized spacial score (nSPS) is 16.1. The minimum absolute atomic E-state index is 0.0796. The van der Waals surface area contributed by atoms with Crippen LogP contribution in [0.25, 0.3) is 0 Å². The monoisotopic (exact) mass is 208 g/mol. The summed E-state index contributed by atoms with van der Waals surface area (Å²) >= 11 is 0. The second-order valence-electron chi connectivity index (χ2n) is 3.92. The van der Waals surface area contributed by atoms with Gasteiger partial charge >= 0.3 is 0 Å². The average Bonchev–Trinajstić information content (AvgIpc) is 2.09. The van der Waals surface area contributed by atoms with Crippen molar-refractivity contribution in [3.63, 3.8) is 0 Å². The Kier molecular flexibility index (Phi) is 2.34. The van der Waals surface area contributed by atoms with Gasteiger partial charge in [0.05, 0.1) is 11.3 Å². The summed E-state index contributed by atoms with van der Waals surface area (Å²) in [6, 6.07) is 3.13. The highest BCUT2D eigenvalue weighted by Gasteiger charge is 2.24. The lowest BCUT2D eigenvalue weighted by Gasteiger charge is -2.27. The number of hydrogen-bond donors (Lipinski definition) is 2. The highest BCUT2D eigenvalue weighted by molar-refractivity contribution is 5.94. The Hall–Kier alpha value is -1.58. The summed E-state index contributed by atoms with van der Waals surface area (Å²) in [6.45, 7) is 0. The summed E-state index contributed by atoms with van der Waals surface area (Å²) in [7, 11) is 0. The molecule has 0 radical (unpaired) electrons. The molecule has 0 atom stereocenters. The van der Waals surface area contributed by atoms with E-state index in [4.69, 9.17) is 11.5 Å². The molecule has 3 nitrogen and oxygen atoms in total. The van der Waals surface area contributed by atoms with E-state index in [1.807, 2.05) is 0 Å². The van der Waals surface area contributed by atoms with Gasteiger partial charge in [0.2, 0.25) is 0 Å². The van der Waals surface area contributed by atoms with Crippen LogP contribution in [-0.2, 0) is 0 Å². The molecule has 1 aromatic rings. The van der Waals surface area contributed by atoms with E-state index in [1.165, 1.54) is 6.07 Å². The molecule has 1 amide bonds. The first-order valence-electron chi connectivity index (χ1n) is 4.99. The number of carbonyl (C=O) groups excluding carboxylic acids is 1. The maximum absolute atomic E-state index is 13.6. The van der Waals surface area contributed by atoms with E-state index < -0.39 is 11.7 Å². The number of nitrogen functional groups attached to an aromatic ring is 1. The average molecular weight is 208 g/mol. The van der Waals surface area contributed by atoms with Gasteiger partial charge in [0, 0.05) is 0 Å². The van der Waals surface area contributed by atoms with Gasteiger partial charge in [0.25, 0.3) is 5.91 Å². The van der Waals surface area contributed by atoms with E-state index in [1.54, 1.807) is 6.07 Å². The van der Waals surface area contributed by atoms with Crippen LogP contribution in [0, 0.1) is 5.82 Å². The lowest BCUT2D eigenvalue weighted by molar-refractivity contribution is 0.0996.